The Balaban J connectivity index is 1.85. The number of hydrogen-bond donors (Lipinski definition) is 2. The van der Waals surface area contributed by atoms with E-state index in [1.165, 1.54) is 0 Å². The van der Waals surface area contributed by atoms with Crippen molar-refractivity contribution in [3.63, 3.8) is 0 Å². The molecule has 0 radical (unpaired) electrons. The minimum Gasteiger partial charge on any atom is -0.360 e. The number of anilines is 1. The zero-order valence-corrected chi connectivity index (χ0v) is 10.5. The third kappa shape index (κ3) is 3.55. The molecule has 8 heteroatoms. The Hall–Kier alpha value is -0.890. The van der Waals surface area contributed by atoms with Gasteiger partial charge in [-0.3, -0.25) is 0 Å². The molecule has 1 fully saturated rings. The van der Waals surface area contributed by atoms with Crippen LogP contribution in [0.4, 0.5) is 18.3 Å². The molecule has 2 atom stereocenters. The van der Waals surface area contributed by atoms with Crippen molar-refractivity contribution in [2.75, 3.05) is 11.9 Å². The molecule has 1 saturated carbocycles. The number of hydrogen-bond acceptors (Lipinski definition) is 5. The van der Waals surface area contributed by atoms with Crippen LogP contribution in [0.1, 0.15) is 31.5 Å². The predicted molar refractivity (Wildman–Crippen MR) is 63.3 cm³/mol. The van der Waals surface area contributed by atoms with Crippen LogP contribution in [0.2, 0.25) is 0 Å². The summed E-state index contributed by atoms with van der Waals surface area (Å²) in [6, 6.07) is 0.214. The Kier molecular flexibility index (Phi) is 4.06. The highest BCUT2D eigenvalue weighted by molar-refractivity contribution is 7.09. The van der Waals surface area contributed by atoms with Crippen LogP contribution in [0.25, 0.3) is 0 Å². The summed E-state index contributed by atoms with van der Waals surface area (Å²) >= 11 is 0.742. The lowest BCUT2D eigenvalue weighted by Gasteiger charge is -2.26. The summed E-state index contributed by atoms with van der Waals surface area (Å²) in [4.78, 5) is 3.42. The fourth-order valence-electron chi connectivity index (χ4n) is 2.16. The number of nitrogens with one attached hydrogen (secondary N) is 1. The van der Waals surface area contributed by atoms with Crippen LogP contribution in [-0.4, -0.2) is 21.9 Å². The Morgan fingerprint density at radius 1 is 1.39 bits per heavy atom. The topological polar surface area (TPSA) is 63.8 Å². The lowest BCUT2D eigenvalue weighted by molar-refractivity contribution is -0.144. The molecule has 1 aromatic rings. The van der Waals surface area contributed by atoms with Crippen molar-refractivity contribution in [1.82, 2.24) is 9.36 Å². The van der Waals surface area contributed by atoms with Gasteiger partial charge in [0.25, 0.3) is 0 Å². The van der Waals surface area contributed by atoms with E-state index in [-0.39, 0.29) is 11.2 Å². The zero-order valence-electron chi connectivity index (χ0n) is 9.70. The van der Waals surface area contributed by atoms with Crippen molar-refractivity contribution in [3.05, 3.63) is 5.82 Å². The van der Waals surface area contributed by atoms with Crippen molar-refractivity contribution < 1.29 is 13.2 Å². The largest absolute Gasteiger partial charge is 0.452 e. The van der Waals surface area contributed by atoms with Crippen molar-refractivity contribution in [1.29, 1.82) is 0 Å². The van der Waals surface area contributed by atoms with Crippen molar-refractivity contribution >= 4 is 16.7 Å². The number of nitrogens with zero attached hydrogens (tertiary/aromatic N) is 2. The second-order valence-electron chi connectivity index (χ2n) is 4.59. The first-order valence-corrected chi connectivity index (χ1v) is 6.63. The fourth-order valence-corrected chi connectivity index (χ4v) is 2.75. The number of alkyl halides is 3. The van der Waals surface area contributed by atoms with Gasteiger partial charge in [0.1, 0.15) is 0 Å². The Bertz CT molecular complexity index is 393. The zero-order chi connectivity index (χ0) is 13.2. The lowest BCUT2D eigenvalue weighted by atomic mass is 9.86. The molecule has 18 heavy (non-hydrogen) atoms. The SMILES string of the molecule is NC1CCCC(CNc2nc(C(F)(F)F)ns2)C1. The molecular weight excluding hydrogens is 265 g/mol. The van der Waals surface area contributed by atoms with Gasteiger partial charge in [-0.25, -0.2) is 0 Å². The van der Waals surface area contributed by atoms with E-state index < -0.39 is 12.0 Å². The van der Waals surface area contributed by atoms with Crippen LogP contribution in [0.5, 0.6) is 0 Å². The van der Waals surface area contributed by atoms with Gasteiger partial charge < -0.3 is 11.1 Å². The first kappa shape index (κ1) is 13.5. The van der Waals surface area contributed by atoms with Gasteiger partial charge in [-0.05, 0) is 25.2 Å². The van der Waals surface area contributed by atoms with E-state index in [9.17, 15) is 13.2 Å². The van der Waals surface area contributed by atoms with Crippen molar-refractivity contribution in [3.8, 4) is 0 Å². The number of rotatable bonds is 3. The third-order valence-electron chi connectivity index (χ3n) is 3.04. The first-order chi connectivity index (χ1) is 8.45. The van der Waals surface area contributed by atoms with Crippen LogP contribution >= 0.6 is 11.5 Å². The van der Waals surface area contributed by atoms with E-state index in [0.717, 1.165) is 37.2 Å². The lowest BCUT2D eigenvalue weighted by Crippen LogP contribution is -2.30. The molecule has 0 spiro atoms. The minimum atomic E-state index is -4.47. The van der Waals surface area contributed by atoms with E-state index in [2.05, 4.69) is 14.7 Å². The summed E-state index contributed by atoms with van der Waals surface area (Å²) < 4.78 is 40.1. The second-order valence-corrected chi connectivity index (χ2v) is 5.35. The van der Waals surface area contributed by atoms with Crippen LogP contribution < -0.4 is 11.1 Å². The van der Waals surface area contributed by atoms with Crippen LogP contribution in [0.15, 0.2) is 0 Å². The summed E-state index contributed by atoms with van der Waals surface area (Å²) in [6.45, 7) is 0.611. The van der Waals surface area contributed by atoms with Crippen LogP contribution in [0.3, 0.4) is 0 Å². The smallest absolute Gasteiger partial charge is 0.360 e. The van der Waals surface area contributed by atoms with Crippen molar-refractivity contribution in [2.45, 2.75) is 37.9 Å². The quantitative estimate of drug-likeness (QED) is 0.893. The summed E-state index contributed by atoms with van der Waals surface area (Å²) in [6.07, 6.45) is -0.377. The van der Waals surface area contributed by atoms with Gasteiger partial charge in [-0.1, -0.05) is 6.42 Å². The molecule has 3 N–H and O–H groups in total. The average Bonchev–Trinajstić information content (AvgIpc) is 2.74. The van der Waals surface area contributed by atoms with Gasteiger partial charge in [-0.2, -0.15) is 22.5 Å². The molecular formula is C10H15F3N4S. The summed E-state index contributed by atoms with van der Waals surface area (Å²) in [5, 5.41) is 3.14. The van der Waals surface area contributed by atoms with Crippen LogP contribution in [0, 0.1) is 5.92 Å². The highest BCUT2D eigenvalue weighted by atomic mass is 32.1. The van der Waals surface area contributed by atoms with E-state index in [1.807, 2.05) is 0 Å². The normalized spacial score (nSPS) is 25.1. The highest BCUT2D eigenvalue weighted by Crippen LogP contribution is 2.29. The molecule has 1 aromatic heterocycles. The molecule has 1 aliphatic rings. The molecule has 0 aliphatic heterocycles. The Labute approximate surface area is 107 Å². The van der Waals surface area contributed by atoms with Crippen LogP contribution in [-0.2, 0) is 6.18 Å². The number of nitrogens with two attached hydrogens (primary N) is 1. The maximum atomic E-state index is 12.3. The number of aromatic nitrogens is 2. The molecule has 1 aliphatic carbocycles. The Morgan fingerprint density at radius 2 is 2.17 bits per heavy atom. The molecule has 102 valence electrons. The minimum absolute atomic E-state index is 0.214. The van der Waals surface area contributed by atoms with E-state index in [1.54, 1.807) is 0 Å². The monoisotopic (exact) mass is 280 g/mol. The maximum Gasteiger partial charge on any atom is 0.452 e. The molecule has 0 bridgehead atoms. The van der Waals surface area contributed by atoms with Gasteiger partial charge in [0, 0.05) is 24.1 Å². The van der Waals surface area contributed by atoms with Gasteiger partial charge in [0.2, 0.25) is 11.0 Å². The van der Waals surface area contributed by atoms with E-state index in [4.69, 9.17) is 5.73 Å². The fraction of sp³-hybridized carbons (Fsp3) is 0.800. The average molecular weight is 280 g/mol. The molecule has 1 heterocycles. The molecule has 4 nitrogen and oxygen atoms in total. The van der Waals surface area contributed by atoms with E-state index >= 15 is 0 Å². The molecule has 2 rings (SSSR count). The predicted octanol–water partition coefficient (Wildman–Crippen LogP) is 2.49. The first-order valence-electron chi connectivity index (χ1n) is 5.85. The Morgan fingerprint density at radius 3 is 2.78 bits per heavy atom. The molecule has 0 saturated heterocycles. The van der Waals surface area contributed by atoms with Gasteiger partial charge >= 0.3 is 6.18 Å². The summed E-state index contributed by atoms with van der Waals surface area (Å²) in [5.41, 5.74) is 5.85. The summed E-state index contributed by atoms with van der Waals surface area (Å²) in [7, 11) is 0. The second kappa shape index (κ2) is 5.40. The van der Waals surface area contributed by atoms with Gasteiger partial charge in [0.15, 0.2) is 0 Å². The molecule has 0 aromatic carbocycles. The highest BCUT2D eigenvalue weighted by Gasteiger charge is 2.36. The number of halogens is 3. The third-order valence-corrected chi connectivity index (χ3v) is 3.72. The molecule has 0 amide bonds. The standard InChI is InChI=1S/C10H15F3N4S/c11-10(12,13)8-16-9(18-17-8)15-5-6-2-1-3-7(14)4-6/h6-7H,1-5,14H2,(H,15,16,17). The molecule has 2 unspecified atom stereocenters. The maximum absolute atomic E-state index is 12.3. The van der Waals surface area contributed by atoms with Gasteiger partial charge in [-0.15, -0.1) is 0 Å². The summed E-state index contributed by atoms with van der Waals surface area (Å²) in [5.74, 6) is -0.665. The van der Waals surface area contributed by atoms with E-state index in [0.29, 0.717) is 12.5 Å². The van der Waals surface area contributed by atoms with Crippen molar-refractivity contribution in [2.24, 2.45) is 11.7 Å². The van der Waals surface area contributed by atoms with Gasteiger partial charge in [0.05, 0.1) is 0 Å².